The van der Waals surface area contributed by atoms with Gasteiger partial charge in [0.1, 0.15) is 5.82 Å². The maximum atomic E-state index is 13.4. The molecule has 0 radical (unpaired) electrons. The number of hydrogen-bond donors (Lipinski definition) is 2. The van der Waals surface area contributed by atoms with Crippen molar-refractivity contribution < 1.29 is 33.5 Å². The molecule has 1 aliphatic heterocycles. The van der Waals surface area contributed by atoms with Crippen LogP contribution in [-0.4, -0.2) is 26.8 Å². The van der Waals surface area contributed by atoms with Crippen LogP contribution in [0.3, 0.4) is 0 Å². The van der Waals surface area contributed by atoms with E-state index in [0.717, 1.165) is 29.2 Å². The lowest BCUT2D eigenvalue weighted by Crippen LogP contribution is -2.31. The van der Waals surface area contributed by atoms with Crippen molar-refractivity contribution in [2.24, 2.45) is 0 Å². The predicted molar refractivity (Wildman–Crippen MR) is 104 cm³/mol. The predicted octanol–water partition coefficient (Wildman–Crippen LogP) is 3.82. The van der Waals surface area contributed by atoms with E-state index in [9.17, 15) is 34.3 Å². The highest BCUT2D eigenvalue weighted by molar-refractivity contribution is 6.20. The van der Waals surface area contributed by atoms with Crippen LogP contribution in [-0.2, 0) is 4.79 Å². The highest BCUT2D eigenvalue weighted by Crippen LogP contribution is 2.43. The maximum Gasteiger partial charge on any atom is 0.311 e. The number of amides is 1. The second-order valence-corrected chi connectivity index (χ2v) is 6.63. The third-order valence-electron chi connectivity index (χ3n) is 4.81. The van der Waals surface area contributed by atoms with Crippen molar-refractivity contribution in [3.63, 3.8) is 0 Å². The molecule has 9 nitrogen and oxygen atoms in total. The molecule has 0 saturated carbocycles. The highest BCUT2D eigenvalue weighted by Gasteiger charge is 2.45. The van der Waals surface area contributed by atoms with Crippen molar-refractivity contribution in [2.45, 2.75) is 6.04 Å². The zero-order valence-corrected chi connectivity index (χ0v) is 15.6. The van der Waals surface area contributed by atoms with Crippen LogP contribution in [0.25, 0.3) is 0 Å². The Morgan fingerprint density at radius 2 is 1.84 bits per heavy atom. The fourth-order valence-corrected chi connectivity index (χ4v) is 3.42. The molecule has 4 rings (SSSR count). The summed E-state index contributed by atoms with van der Waals surface area (Å²) < 4.78 is 18.5. The van der Waals surface area contributed by atoms with Crippen LogP contribution >= 0.6 is 0 Å². The van der Waals surface area contributed by atoms with Crippen LogP contribution < -0.4 is 4.90 Å². The number of nitrogens with zero attached hydrogens (tertiary/aromatic N) is 2. The molecule has 0 saturated heterocycles. The number of phenols is 1. The number of halogens is 1. The number of aliphatic hydroxyl groups is 1. The lowest BCUT2D eigenvalue weighted by Gasteiger charge is -2.26. The molecule has 10 heteroatoms. The second-order valence-electron chi connectivity index (χ2n) is 6.63. The van der Waals surface area contributed by atoms with E-state index in [1.54, 1.807) is 0 Å². The topological polar surface area (TPSA) is 134 Å². The van der Waals surface area contributed by atoms with Gasteiger partial charge in [0.25, 0.3) is 5.91 Å². The Balaban J connectivity index is 1.92. The number of carbonyl (C=O) groups is 2. The Morgan fingerprint density at radius 3 is 2.45 bits per heavy atom. The molecule has 0 bridgehead atoms. The Morgan fingerprint density at radius 1 is 1.13 bits per heavy atom. The molecule has 0 fully saturated rings. The number of hydrogen-bond acceptors (Lipinski definition) is 7. The smallest absolute Gasteiger partial charge is 0.311 e. The average Bonchev–Trinajstić information content (AvgIpc) is 3.36. The van der Waals surface area contributed by atoms with E-state index >= 15 is 0 Å². The third-order valence-corrected chi connectivity index (χ3v) is 4.81. The molecular weight excluding hydrogens is 411 g/mol. The molecule has 1 aliphatic rings. The van der Waals surface area contributed by atoms with Crippen molar-refractivity contribution in [1.82, 2.24) is 0 Å². The van der Waals surface area contributed by atoms with Crippen molar-refractivity contribution in [2.75, 3.05) is 4.90 Å². The summed E-state index contributed by atoms with van der Waals surface area (Å²) >= 11 is 0. The summed E-state index contributed by atoms with van der Waals surface area (Å²) in [5.41, 5.74) is -0.813. The average molecular weight is 424 g/mol. The summed E-state index contributed by atoms with van der Waals surface area (Å²) in [5.74, 6) is -3.97. The van der Waals surface area contributed by atoms with Gasteiger partial charge >= 0.3 is 5.69 Å². The number of benzene rings is 2. The van der Waals surface area contributed by atoms with Crippen LogP contribution in [0.2, 0.25) is 0 Å². The Labute approximate surface area is 173 Å². The van der Waals surface area contributed by atoms with Gasteiger partial charge in [-0.3, -0.25) is 24.6 Å². The Bertz CT molecular complexity index is 1230. The van der Waals surface area contributed by atoms with E-state index in [1.807, 2.05) is 0 Å². The molecule has 2 N–H and O–H groups in total. The van der Waals surface area contributed by atoms with Gasteiger partial charge in [-0.15, -0.1) is 0 Å². The van der Waals surface area contributed by atoms with Gasteiger partial charge in [0.15, 0.2) is 17.3 Å². The van der Waals surface area contributed by atoms with Gasteiger partial charge in [0.05, 0.1) is 22.8 Å². The monoisotopic (exact) mass is 424 g/mol. The quantitative estimate of drug-likeness (QED) is 0.361. The van der Waals surface area contributed by atoms with E-state index in [-0.39, 0.29) is 22.6 Å². The minimum atomic E-state index is -1.30. The molecule has 156 valence electrons. The second kappa shape index (κ2) is 7.41. The number of Topliss-reactive ketones (excluding diaryl/α,β-unsaturated/α-hetero) is 1. The first-order valence-corrected chi connectivity index (χ1v) is 8.87. The molecule has 1 atom stereocenters. The van der Waals surface area contributed by atoms with Gasteiger partial charge < -0.3 is 14.6 Å². The molecule has 2 aromatic carbocycles. The largest absolute Gasteiger partial charge is 0.503 e. The van der Waals surface area contributed by atoms with E-state index in [0.29, 0.717) is 0 Å². The molecule has 2 heterocycles. The lowest BCUT2D eigenvalue weighted by molar-refractivity contribution is -0.385. The summed E-state index contributed by atoms with van der Waals surface area (Å²) in [5, 5.41) is 31.6. The zero-order chi connectivity index (χ0) is 22.3. The number of rotatable bonds is 5. The Hall–Kier alpha value is -4.47. The standard InChI is InChI=1S/C21H13FN2O7/c22-12-4-6-13(7-5-12)23-18(11-3-8-15(25)14(10-11)24(29)30)17(20(27)21(23)28)19(26)16-2-1-9-31-16/h1-10,18,25,27H. The minimum Gasteiger partial charge on any atom is -0.503 e. The number of carbonyl (C=O) groups excluding carboxylic acids is 2. The summed E-state index contributed by atoms with van der Waals surface area (Å²) in [6.45, 7) is 0. The van der Waals surface area contributed by atoms with E-state index in [2.05, 4.69) is 0 Å². The number of anilines is 1. The molecule has 0 spiro atoms. The number of aliphatic hydroxyl groups excluding tert-OH is 1. The SMILES string of the molecule is O=C(C1=C(O)C(=O)N(c2ccc(F)cc2)C1c1ccc(O)c([N+](=O)[O-])c1)c1ccco1. The van der Waals surface area contributed by atoms with Gasteiger partial charge in [-0.05, 0) is 48.0 Å². The molecule has 3 aromatic rings. The lowest BCUT2D eigenvalue weighted by atomic mass is 9.94. The number of aromatic hydroxyl groups is 1. The number of ketones is 1. The van der Waals surface area contributed by atoms with Crippen LogP contribution in [0, 0.1) is 15.9 Å². The molecule has 1 unspecified atom stereocenters. The minimum absolute atomic E-state index is 0.0705. The number of furan rings is 1. The van der Waals surface area contributed by atoms with Crippen molar-refractivity contribution in [1.29, 1.82) is 0 Å². The van der Waals surface area contributed by atoms with E-state index in [1.165, 1.54) is 36.6 Å². The third kappa shape index (κ3) is 3.29. The van der Waals surface area contributed by atoms with Crippen molar-refractivity contribution in [3.8, 4) is 5.75 Å². The van der Waals surface area contributed by atoms with Gasteiger partial charge in [0.2, 0.25) is 5.78 Å². The first-order valence-electron chi connectivity index (χ1n) is 8.87. The van der Waals surface area contributed by atoms with Crippen LogP contribution in [0.1, 0.15) is 22.2 Å². The molecular formula is C21H13FN2O7. The fourth-order valence-electron chi connectivity index (χ4n) is 3.42. The first-order chi connectivity index (χ1) is 14.8. The molecule has 31 heavy (non-hydrogen) atoms. The summed E-state index contributed by atoms with van der Waals surface area (Å²) in [6.07, 6.45) is 1.24. The van der Waals surface area contributed by atoms with Crippen molar-refractivity contribution in [3.05, 3.63) is 99.4 Å². The molecule has 1 amide bonds. The first kappa shape index (κ1) is 19.8. The molecule has 0 aliphatic carbocycles. The zero-order valence-electron chi connectivity index (χ0n) is 15.6. The normalized spacial score (nSPS) is 16.1. The Kier molecular flexibility index (Phi) is 4.74. The van der Waals surface area contributed by atoms with Gasteiger partial charge in [0, 0.05) is 11.8 Å². The highest BCUT2D eigenvalue weighted by atomic mass is 19.1. The van der Waals surface area contributed by atoms with Crippen LogP contribution in [0.15, 0.2) is 76.6 Å². The number of nitro groups is 1. The summed E-state index contributed by atoms with van der Waals surface area (Å²) in [6, 6.07) is 9.52. The molecule has 1 aromatic heterocycles. The van der Waals surface area contributed by atoms with Gasteiger partial charge in [-0.25, -0.2) is 4.39 Å². The summed E-state index contributed by atoms with van der Waals surface area (Å²) in [4.78, 5) is 37.4. The summed E-state index contributed by atoms with van der Waals surface area (Å²) in [7, 11) is 0. The number of nitro benzene ring substituents is 1. The van der Waals surface area contributed by atoms with Gasteiger partial charge in [-0.2, -0.15) is 0 Å². The van der Waals surface area contributed by atoms with Crippen LogP contribution in [0.5, 0.6) is 5.75 Å². The van der Waals surface area contributed by atoms with Gasteiger partial charge in [-0.1, -0.05) is 6.07 Å². The maximum absolute atomic E-state index is 13.4. The number of phenolic OH excluding ortho intramolecular Hbond substituents is 1. The van der Waals surface area contributed by atoms with Crippen molar-refractivity contribution >= 4 is 23.1 Å². The fraction of sp³-hybridized carbons (Fsp3) is 0.0476. The van der Waals surface area contributed by atoms with E-state index < -0.39 is 45.7 Å². The van der Waals surface area contributed by atoms with E-state index in [4.69, 9.17) is 4.42 Å². The van der Waals surface area contributed by atoms with Crippen LogP contribution in [0.4, 0.5) is 15.8 Å².